The number of esters is 1. The molecule has 3 aliphatic heterocycles. The monoisotopic (exact) mass is 516 g/mol. The van der Waals surface area contributed by atoms with E-state index in [4.69, 9.17) is 30.3 Å². The summed E-state index contributed by atoms with van der Waals surface area (Å²) in [5, 5.41) is 42.9. The molecule has 0 bridgehead atoms. The Kier molecular flexibility index (Phi) is 7.69. The standard InChI is InChI=1S/C22H26N2O3.C4H6O6/c1-2-22-9-5-10-23-11-8-16-15-6-3-4-7-17(15)24(19(16)20(22)23)18(14-22)21(26)27-13-12-25;5-1(3(7)8)2(6)4(9)10/h3-4,6-7,14,20,25H,2,5,8-13H2,1H3;1-2,5-6H,(H,7,8)(H,9,10)/t20-,22-;1-,2-/m01/s1. The van der Waals surface area contributed by atoms with Crippen molar-refractivity contribution in [1.29, 1.82) is 0 Å². The molecule has 11 heteroatoms. The fraction of sp³-hybridized carbons (Fsp3) is 0.500. The van der Waals surface area contributed by atoms with Gasteiger partial charge in [-0.3, -0.25) is 4.90 Å². The predicted molar refractivity (Wildman–Crippen MR) is 132 cm³/mol. The number of fused-ring (bicyclic) bond motifs is 3. The molecule has 1 fully saturated rings. The van der Waals surface area contributed by atoms with Crippen molar-refractivity contribution in [3.8, 4) is 0 Å². The van der Waals surface area contributed by atoms with Gasteiger partial charge in [-0.1, -0.05) is 25.1 Å². The van der Waals surface area contributed by atoms with Crippen LogP contribution in [0.5, 0.6) is 0 Å². The Morgan fingerprint density at radius 2 is 1.78 bits per heavy atom. The van der Waals surface area contributed by atoms with E-state index in [2.05, 4.69) is 40.7 Å². The highest BCUT2D eigenvalue weighted by Crippen LogP contribution is 2.57. The SMILES string of the molecule is CC[C@@]12C=C(C(=O)OCCO)n3c4c(c5ccccc53)CCN(CCC1)[C@@H]42.O=C(O)[C@H](O)[C@@H](O)C(=O)O. The van der Waals surface area contributed by atoms with Crippen molar-refractivity contribution in [2.45, 2.75) is 50.9 Å². The van der Waals surface area contributed by atoms with Gasteiger partial charge in [0.1, 0.15) is 12.3 Å². The van der Waals surface area contributed by atoms with E-state index in [9.17, 15) is 14.4 Å². The minimum absolute atomic E-state index is 0.0225. The number of nitrogens with zero attached hydrogens (tertiary/aromatic N) is 2. The van der Waals surface area contributed by atoms with Crippen LogP contribution in [0.2, 0.25) is 0 Å². The summed E-state index contributed by atoms with van der Waals surface area (Å²) in [6, 6.07) is 8.74. The number of carboxylic acid groups (broad SMARTS) is 2. The summed E-state index contributed by atoms with van der Waals surface area (Å²) >= 11 is 0. The molecule has 4 heterocycles. The van der Waals surface area contributed by atoms with Crippen LogP contribution in [0.1, 0.15) is 43.5 Å². The van der Waals surface area contributed by atoms with Crippen molar-refractivity contribution in [1.82, 2.24) is 9.47 Å². The Bertz CT molecular complexity index is 1220. The van der Waals surface area contributed by atoms with Gasteiger partial charge in [0.2, 0.25) is 0 Å². The van der Waals surface area contributed by atoms with Crippen molar-refractivity contribution in [2.75, 3.05) is 26.3 Å². The molecule has 5 N–H and O–H groups in total. The van der Waals surface area contributed by atoms with E-state index in [1.807, 2.05) is 6.07 Å². The molecule has 1 aromatic heterocycles. The summed E-state index contributed by atoms with van der Waals surface area (Å²) < 4.78 is 7.52. The van der Waals surface area contributed by atoms with Crippen LogP contribution in [-0.2, 0) is 25.5 Å². The molecule has 0 amide bonds. The second-order valence-electron chi connectivity index (χ2n) is 9.55. The lowest BCUT2D eigenvalue weighted by Crippen LogP contribution is -2.51. The van der Waals surface area contributed by atoms with Crippen molar-refractivity contribution in [2.24, 2.45) is 5.41 Å². The number of benzene rings is 1. The molecule has 1 aromatic carbocycles. The highest BCUT2D eigenvalue weighted by atomic mass is 16.5. The fourth-order valence-corrected chi connectivity index (χ4v) is 5.91. The van der Waals surface area contributed by atoms with E-state index in [0.29, 0.717) is 11.7 Å². The lowest BCUT2D eigenvalue weighted by molar-refractivity contribution is -0.165. The predicted octanol–water partition coefficient (Wildman–Crippen LogP) is 0.998. The van der Waals surface area contributed by atoms with Crippen LogP contribution < -0.4 is 0 Å². The molecule has 0 aliphatic carbocycles. The maximum absolute atomic E-state index is 13.0. The van der Waals surface area contributed by atoms with Crippen LogP contribution >= 0.6 is 0 Å². The molecule has 3 aliphatic rings. The lowest BCUT2D eigenvalue weighted by Gasteiger charge is -2.53. The summed E-state index contributed by atoms with van der Waals surface area (Å²) in [5.41, 5.74) is 4.38. The molecular formula is C26H32N2O9. The van der Waals surface area contributed by atoms with E-state index in [-0.39, 0.29) is 24.6 Å². The number of para-hydroxylation sites is 1. The summed E-state index contributed by atoms with van der Waals surface area (Å²) in [5.74, 6) is -3.87. The number of carbonyl (C=O) groups is 3. The molecular weight excluding hydrogens is 484 g/mol. The topological polar surface area (TPSA) is 170 Å². The molecule has 0 saturated carbocycles. The van der Waals surface area contributed by atoms with Gasteiger partial charge in [0.05, 0.1) is 18.2 Å². The van der Waals surface area contributed by atoms with Gasteiger partial charge >= 0.3 is 17.9 Å². The van der Waals surface area contributed by atoms with Gasteiger partial charge in [0.15, 0.2) is 12.2 Å². The minimum Gasteiger partial charge on any atom is -0.479 e. The van der Waals surface area contributed by atoms with Crippen molar-refractivity contribution in [3.05, 3.63) is 41.6 Å². The zero-order valence-electron chi connectivity index (χ0n) is 20.5. The summed E-state index contributed by atoms with van der Waals surface area (Å²) in [4.78, 5) is 35.1. The Labute approximate surface area is 213 Å². The molecule has 37 heavy (non-hydrogen) atoms. The van der Waals surface area contributed by atoms with Crippen molar-refractivity contribution >= 4 is 34.5 Å². The molecule has 0 unspecified atom stereocenters. The normalized spacial score (nSPS) is 23.7. The maximum Gasteiger partial charge on any atom is 0.355 e. The minimum atomic E-state index is -2.27. The first-order chi connectivity index (χ1) is 17.7. The molecule has 200 valence electrons. The van der Waals surface area contributed by atoms with Gasteiger partial charge in [-0.15, -0.1) is 0 Å². The Morgan fingerprint density at radius 1 is 1.11 bits per heavy atom. The van der Waals surface area contributed by atoms with E-state index >= 15 is 0 Å². The number of aliphatic carboxylic acids is 2. The Morgan fingerprint density at radius 3 is 2.41 bits per heavy atom. The number of hydrogen-bond acceptors (Lipinski definition) is 8. The fourth-order valence-electron chi connectivity index (χ4n) is 5.91. The first kappa shape index (κ1) is 26.8. The van der Waals surface area contributed by atoms with Gasteiger partial charge in [0, 0.05) is 23.0 Å². The van der Waals surface area contributed by atoms with Gasteiger partial charge in [0.25, 0.3) is 0 Å². The number of piperidine rings is 1. The van der Waals surface area contributed by atoms with Crippen molar-refractivity contribution < 1.29 is 44.7 Å². The highest BCUT2D eigenvalue weighted by Gasteiger charge is 2.51. The third-order valence-corrected chi connectivity index (χ3v) is 7.59. The van der Waals surface area contributed by atoms with Gasteiger partial charge < -0.3 is 34.8 Å². The largest absolute Gasteiger partial charge is 0.479 e. The van der Waals surface area contributed by atoms with Crippen LogP contribution in [0.4, 0.5) is 0 Å². The number of aromatic nitrogens is 1. The summed E-state index contributed by atoms with van der Waals surface area (Å²) in [6.45, 7) is 4.34. The zero-order valence-corrected chi connectivity index (χ0v) is 20.5. The quantitative estimate of drug-likeness (QED) is 0.335. The number of carboxylic acids is 2. The number of aliphatic hydroxyl groups is 3. The second-order valence-corrected chi connectivity index (χ2v) is 9.55. The van der Waals surface area contributed by atoms with Crippen LogP contribution in [0.15, 0.2) is 30.3 Å². The summed E-state index contributed by atoms with van der Waals surface area (Å²) in [6.07, 6.45) is 1.95. The molecule has 11 nitrogen and oxygen atoms in total. The molecule has 0 spiro atoms. The van der Waals surface area contributed by atoms with Crippen LogP contribution in [-0.4, -0.2) is 91.4 Å². The average Bonchev–Trinajstić information content (AvgIpc) is 3.25. The maximum atomic E-state index is 13.0. The first-order valence-electron chi connectivity index (χ1n) is 12.4. The average molecular weight is 517 g/mol. The molecule has 0 radical (unpaired) electrons. The van der Waals surface area contributed by atoms with E-state index in [1.165, 1.54) is 16.6 Å². The van der Waals surface area contributed by atoms with Gasteiger partial charge in [-0.05, 0) is 49.9 Å². The van der Waals surface area contributed by atoms with Gasteiger partial charge in [-0.2, -0.15) is 0 Å². The highest BCUT2D eigenvalue weighted by molar-refractivity contribution is 6.13. The zero-order chi connectivity index (χ0) is 26.9. The van der Waals surface area contributed by atoms with Crippen LogP contribution in [0, 0.1) is 5.41 Å². The number of rotatable bonds is 7. The van der Waals surface area contributed by atoms with Gasteiger partial charge in [-0.25, -0.2) is 14.4 Å². The van der Waals surface area contributed by atoms with E-state index in [0.717, 1.165) is 44.3 Å². The lowest BCUT2D eigenvalue weighted by atomic mass is 9.66. The number of ether oxygens (including phenoxy) is 1. The second kappa shape index (κ2) is 10.6. The molecule has 2 aromatic rings. The number of aliphatic hydroxyl groups excluding tert-OH is 3. The summed E-state index contributed by atoms with van der Waals surface area (Å²) in [7, 11) is 0. The number of carbonyl (C=O) groups excluding carboxylic acids is 1. The van der Waals surface area contributed by atoms with E-state index < -0.39 is 24.1 Å². The molecule has 4 atom stereocenters. The van der Waals surface area contributed by atoms with Crippen molar-refractivity contribution in [3.63, 3.8) is 0 Å². The Balaban J connectivity index is 0.000000275. The first-order valence-corrected chi connectivity index (χ1v) is 12.4. The molecule has 1 saturated heterocycles. The Hall–Kier alpha value is -3.25. The third kappa shape index (κ3) is 4.63. The third-order valence-electron chi connectivity index (χ3n) is 7.59. The van der Waals surface area contributed by atoms with Crippen LogP contribution in [0.25, 0.3) is 16.6 Å². The number of hydrogen-bond donors (Lipinski definition) is 5. The van der Waals surface area contributed by atoms with E-state index in [1.54, 1.807) is 0 Å². The molecule has 5 rings (SSSR count). The smallest absolute Gasteiger partial charge is 0.355 e. The van der Waals surface area contributed by atoms with Crippen LogP contribution in [0.3, 0.4) is 0 Å².